The van der Waals surface area contributed by atoms with Crippen LogP contribution < -0.4 is 10.1 Å². The molecule has 0 unspecified atom stereocenters. The van der Waals surface area contributed by atoms with Gasteiger partial charge in [0.2, 0.25) is 0 Å². The van der Waals surface area contributed by atoms with E-state index in [9.17, 15) is 9.59 Å². The zero-order valence-corrected chi connectivity index (χ0v) is 17.0. The third kappa shape index (κ3) is 5.06. The van der Waals surface area contributed by atoms with Crippen molar-refractivity contribution < 1.29 is 14.3 Å². The second-order valence-corrected chi connectivity index (χ2v) is 7.11. The summed E-state index contributed by atoms with van der Waals surface area (Å²) in [4.78, 5) is 24.4. The van der Waals surface area contributed by atoms with Gasteiger partial charge in [0.15, 0.2) is 5.78 Å². The maximum Gasteiger partial charge on any atom is 0.255 e. The topological polar surface area (TPSA) is 55.4 Å². The molecule has 0 radical (unpaired) electrons. The minimum absolute atomic E-state index is 0.00967. The van der Waals surface area contributed by atoms with Crippen LogP contribution in [0.4, 0.5) is 5.69 Å². The van der Waals surface area contributed by atoms with Gasteiger partial charge in [-0.1, -0.05) is 48.5 Å². The molecule has 1 N–H and O–H groups in total. The summed E-state index contributed by atoms with van der Waals surface area (Å²) in [6, 6.07) is 31.5. The van der Waals surface area contributed by atoms with Gasteiger partial charge >= 0.3 is 0 Å². The molecule has 4 heteroatoms. The number of rotatable bonds is 6. The number of hydrogen-bond acceptors (Lipinski definition) is 3. The largest absolute Gasteiger partial charge is 0.457 e. The summed E-state index contributed by atoms with van der Waals surface area (Å²) in [6.07, 6.45) is 0. The lowest BCUT2D eigenvalue weighted by atomic mass is 10.00. The number of carbonyl (C=O) groups excluding carboxylic acids is 2. The Morgan fingerprint density at radius 3 is 1.87 bits per heavy atom. The number of para-hydroxylation sites is 1. The van der Waals surface area contributed by atoms with E-state index in [2.05, 4.69) is 5.32 Å². The molecule has 4 aromatic carbocycles. The van der Waals surface area contributed by atoms with Gasteiger partial charge in [-0.3, -0.25) is 9.59 Å². The highest BCUT2D eigenvalue weighted by atomic mass is 16.5. The van der Waals surface area contributed by atoms with Gasteiger partial charge in [0.25, 0.3) is 5.91 Å². The van der Waals surface area contributed by atoms with Crippen molar-refractivity contribution in [3.8, 4) is 22.6 Å². The van der Waals surface area contributed by atoms with E-state index in [0.29, 0.717) is 22.6 Å². The Labute approximate surface area is 181 Å². The first-order valence-corrected chi connectivity index (χ1v) is 9.94. The summed E-state index contributed by atoms with van der Waals surface area (Å²) in [5, 5.41) is 2.91. The first-order chi connectivity index (χ1) is 15.1. The summed E-state index contributed by atoms with van der Waals surface area (Å²) in [6.45, 7) is 1.54. The van der Waals surface area contributed by atoms with Gasteiger partial charge in [0, 0.05) is 16.8 Å². The SMILES string of the molecule is CC(=O)c1cccc(-c2cccc(C(=O)Nc3ccc(Oc4ccccc4)cc3)c2)c1. The summed E-state index contributed by atoms with van der Waals surface area (Å²) < 4.78 is 5.78. The summed E-state index contributed by atoms with van der Waals surface area (Å²) in [7, 11) is 0. The third-order valence-electron chi connectivity index (χ3n) is 4.82. The molecule has 0 fully saturated rings. The van der Waals surface area contributed by atoms with E-state index in [1.54, 1.807) is 31.2 Å². The van der Waals surface area contributed by atoms with Gasteiger partial charge in [0.05, 0.1) is 0 Å². The molecule has 0 atom stereocenters. The highest BCUT2D eigenvalue weighted by molar-refractivity contribution is 6.05. The monoisotopic (exact) mass is 407 g/mol. The van der Waals surface area contributed by atoms with Crippen molar-refractivity contribution in [2.75, 3.05) is 5.32 Å². The number of nitrogens with one attached hydrogen (secondary N) is 1. The van der Waals surface area contributed by atoms with Crippen molar-refractivity contribution >= 4 is 17.4 Å². The lowest BCUT2D eigenvalue weighted by molar-refractivity contribution is 0.101. The average Bonchev–Trinajstić information content (AvgIpc) is 2.81. The van der Waals surface area contributed by atoms with Crippen LogP contribution in [0.15, 0.2) is 103 Å². The third-order valence-corrected chi connectivity index (χ3v) is 4.82. The summed E-state index contributed by atoms with van der Waals surface area (Å²) in [5.74, 6) is 1.25. The lowest BCUT2D eigenvalue weighted by Crippen LogP contribution is -2.11. The van der Waals surface area contributed by atoms with Crippen molar-refractivity contribution in [1.82, 2.24) is 0 Å². The standard InChI is InChI=1S/C27H21NO3/c1-19(29)20-7-5-8-21(17-20)22-9-6-10-23(18-22)27(30)28-24-13-15-26(16-14-24)31-25-11-3-2-4-12-25/h2-18H,1H3,(H,28,30). The van der Waals surface area contributed by atoms with Crippen LogP contribution in [0.25, 0.3) is 11.1 Å². The molecule has 152 valence electrons. The maximum absolute atomic E-state index is 12.8. The Kier molecular flexibility index (Phi) is 5.90. The fraction of sp³-hybridized carbons (Fsp3) is 0.0370. The number of hydrogen-bond donors (Lipinski definition) is 1. The summed E-state index contributed by atoms with van der Waals surface area (Å²) >= 11 is 0. The maximum atomic E-state index is 12.8. The van der Waals surface area contributed by atoms with Crippen molar-refractivity contribution in [1.29, 1.82) is 0 Å². The molecule has 1 amide bonds. The average molecular weight is 407 g/mol. The van der Waals surface area contributed by atoms with E-state index < -0.39 is 0 Å². The molecule has 0 saturated carbocycles. The van der Waals surface area contributed by atoms with E-state index in [1.165, 1.54) is 0 Å². The molecule has 0 bridgehead atoms. The Morgan fingerprint density at radius 1 is 0.645 bits per heavy atom. The predicted octanol–water partition coefficient (Wildman–Crippen LogP) is 6.60. The van der Waals surface area contributed by atoms with Crippen LogP contribution in [0, 0.1) is 0 Å². The van der Waals surface area contributed by atoms with Crippen LogP contribution in [0.2, 0.25) is 0 Å². The molecule has 0 heterocycles. The molecule has 0 aliphatic rings. The van der Waals surface area contributed by atoms with E-state index >= 15 is 0 Å². The van der Waals surface area contributed by atoms with Gasteiger partial charge in [-0.2, -0.15) is 0 Å². The van der Waals surface area contributed by atoms with E-state index in [-0.39, 0.29) is 11.7 Å². The fourth-order valence-corrected chi connectivity index (χ4v) is 3.19. The van der Waals surface area contributed by atoms with Crippen LogP contribution in [0.3, 0.4) is 0 Å². The van der Waals surface area contributed by atoms with Crippen molar-refractivity contribution in [3.63, 3.8) is 0 Å². The van der Waals surface area contributed by atoms with Gasteiger partial charge in [0.1, 0.15) is 11.5 Å². The Morgan fingerprint density at radius 2 is 1.23 bits per heavy atom. The zero-order chi connectivity index (χ0) is 21.6. The number of benzene rings is 4. The highest BCUT2D eigenvalue weighted by Gasteiger charge is 2.09. The predicted molar refractivity (Wildman–Crippen MR) is 123 cm³/mol. The molecule has 4 aromatic rings. The fourth-order valence-electron chi connectivity index (χ4n) is 3.19. The molecule has 0 aliphatic heterocycles. The van der Waals surface area contributed by atoms with Crippen LogP contribution in [-0.4, -0.2) is 11.7 Å². The summed E-state index contributed by atoms with van der Waals surface area (Å²) in [5.41, 5.74) is 3.63. The molecule has 0 aromatic heterocycles. The number of carbonyl (C=O) groups is 2. The molecule has 4 nitrogen and oxygen atoms in total. The number of Topliss-reactive ketones (excluding diaryl/α,β-unsaturated/α-hetero) is 1. The molecule has 0 saturated heterocycles. The smallest absolute Gasteiger partial charge is 0.255 e. The van der Waals surface area contributed by atoms with Crippen molar-refractivity contribution in [3.05, 3.63) is 114 Å². The molecular weight excluding hydrogens is 386 g/mol. The first kappa shape index (κ1) is 20.1. The quantitative estimate of drug-likeness (QED) is 0.366. The first-order valence-electron chi connectivity index (χ1n) is 9.94. The zero-order valence-electron chi connectivity index (χ0n) is 17.0. The molecule has 4 rings (SSSR count). The molecule has 0 aliphatic carbocycles. The van der Waals surface area contributed by atoms with E-state index in [0.717, 1.165) is 16.9 Å². The van der Waals surface area contributed by atoms with Crippen LogP contribution in [-0.2, 0) is 0 Å². The Bertz CT molecular complexity index is 1210. The molecule has 0 spiro atoms. The number of ketones is 1. The van der Waals surface area contributed by atoms with Crippen molar-refractivity contribution in [2.45, 2.75) is 6.92 Å². The minimum atomic E-state index is -0.207. The Balaban J connectivity index is 1.47. The normalized spacial score (nSPS) is 10.4. The second-order valence-electron chi connectivity index (χ2n) is 7.11. The van der Waals surface area contributed by atoms with Crippen molar-refractivity contribution in [2.24, 2.45) is 0 Å². The second kappa shape index (κ2) is 9.09. The van der Waals surface area contributed by atoms with Crippen LogP contribution in [0.1, 0.15) is 27.6 Å². The van der Waals surface area contributed by atoms with Gasteiger partial charge in [-0.25, -0.2) is 0 Å². The number of anilines is 1. The van der Waals surface area contributed by atoms with Gasteiger partial charge in [-0.05, 0) is 72.6 Å². The van der Waals surface area contributed by atoms with E-state index in [1.807, 2.05) is 78.9 Å². The molecule has 31 heavy (non-hydrogen) atoms. The van der Waals surface area contributed by atoms with Crippen LogP contribution >= 0.6 is 0 Å². The lowest BCUT2D eigenvalue weighted by Gasteiger charge is -2.09. The molecular formula is C27H21NO3. The Hall–Kier alpha value is -4.18. The highest BCUT2D eigenvalue weighted by Crippen LogP contribution is 2.24. The van der Waals surface area contributed by atoms with Gasteiger partial charge < -0.3 is 10.1 Å². The number of ether oxygens (including phenoxy) is 1. The number of amides is 1. The van der Waals surface area contributed by atoms with E-state index in [4.69, 9.17) is 4.74 Å². The van der Waals surface area contributed by atoms with Gasteiger partial charge in [-0.15, -0.1) is 0 Å². The van der Waals surface area contributed by atoms with Crippen LogP contribution in [0.5, 0.6) is 11.5 Å². The minimum Gasteiger partial charge on any atom is -0.457 e.